The Bertz CT molecular complexity index is 752. The molecular weight excluding hydrogens is 324 g/mol. The van der Waals surface area contributed by atoms with E-state index in [1.54, 1.807) is 11.8 Å². The lowest BCUT2D eigenvalue weighted by Crippen LogP contribution is -2.40. The first kappa shape index (κ1) is 16.8. The molecule has 0 saturated carbocycles. The zero-order chi connectivity index (χ0) is 17.4. The van der Waals surface area contributed by atoms with Crippen molar-refractivity contribution in [3.8, 4) is 0 Å². The van der Waals surface area contributed by atoms with Crippen molar-refractivity contribution in [3.63, 3.8) is 0 Å². The first-order valence-corrected chi connectivity index (χ1v) is 8.82. The number of allylic oxidation sites excluding steroid dienone is 1. The van der Waals surface area contributed by atoms with Crippen molar-refractivity contribution in [2.24, 2.45) is 4.99 Å². The van der Waals surface area contributed by atoms with Crippen LogP contribution >= 0.6 is 11.8 Å². The predicted molar refractivity (Wildman–Crippen MR) is 94.6 cm³/mol. The van der Waals surface area contributed by atoms with E-state index in [0.717, 1.165) is 12.0 Å². The molecule has 1 saturated heterocycles. The van der Waals surface area contributed by atoms with E-state index in [-0.39, 0.29) is 11.2 Å². The van der Waals surface area contributed by atoms with Crippen LogP contribution in [-0.4, -0.2) is 34.3 Å². The number of aryl methyl sites for hydroxylation is 1. The Hall–Kier alpha value is -2.08. The van der Waals surface area contributed by atoms with Crippen molar-refractivity contribution in [3.05, 3.63) is 46.7 Å². The molecule has 6 heteroatoms. The number of thioether (sulfide) groups is 1. The number of rotatable bonds is 3. The molecule has 0 bridgehead atoms. The maximum atomic E-state index is 12.7. The molecule has 0 aromatic heterocycles. The van der Waals surface area contributed by atoms with E-state index >= 15 is 0 Å². The Morgan fingerprint density at radius 3 is 2.58 bits per heavy atom. The van der Waals surface area contributed by atoms with Crippen LogP contribution in [0.25, 0.3) is 0 Å². The Labute approximate surface area is 145 Å². The monoisotopic (exact) mass is 344 g/mol. The molecule has 1 aromatic rings. The second-order valence-corrected chi connectivity index (χ2v) is 7.16. The number of hydrogen-bond donors (Lipinski definition) is 0. The largest absolute Gasteiger partial charge is 0.466 e. The fourth-order valence-electron chi connectivity index (χ4n) is 3.02. The van der Waals surface area contributed by atoms with Crippen LogP contribution in [-0.2, 0) is 20.7 Å². The standard InChI is InChI=1S/C18H20N2O3S/c1-5-12-6-8-13(9-7-12)15-14(17(22)23-4)10(2)19-18-20(15)16(21)11(3)24-18/h6-9,11,15H,5H2,1-4H3. The Morgan fingerprint density at radius 2 is 2.00 bits per heavy atom. The number of aliphatic imine (C=N–C) groups is 1. The highest BCUT2D eigenvalue weighted by molar-refractivity contribution is 8.15. The summed E-state index contributed by atoms with van der Waals surface area (Å²) >= 11 is 1.43. The molecule has 1 aromatic carbocycles. The third-order valence-corrected chi connectivity index (χ3v) is 5.42. The zero-order valence-corrected chi connectivity index (χ0v) is 15.0. The van der Waals surface area contributed by atoms with E-state index in [1.807, 2.05) is 31.2 Å². The SMILES string of the molecule is CCc1ccc(C2C(C(=O)OC)=C(C)N=C3SC(C)C(=O)N32)cc1. The molecule has 0 N–H and O–H groups in total. The van der Waals surface area contributed by atoms with Crippen LogP contribution in [0, 0.1) is 0 Å². The summed E-state index contributed by atoms with van der Waals surface area (Å²) in [5.74, 6) is -0.477. The van der Waals surface area contributed by atoms with Crippen molar-refractivity contribution >= 4 is 28.8 Å². The van der Waals surface area contributed by atoms with E-state index in [9.17, 15) is 9.59 Å². The summed E-state index contributed by atoms with van der Waals surface area (Å²) in [6.07, 6.45) is 0.936. The fraction of sp³-hybridized carbons (Fsp3) is 0.389. The molecule has 0 aliphatic carbocycles. The van der Waals surface area contributed by atoms with Gasteiger partial charge in [-0.25, -0.2) is 9.79 Å². The third-order valence-electron chi connectivity index (χ3n) is 4.37. The number of benzene rings is 1. The van der Waals surface area contributed by atoms with Crippen molar-refractivity contribution in [1.29, 1.82) is 0 Å². The van der Waals surface area contributed by atoms with Crippen molar-refractivity contribution in [1.82, 2.24) is 4.90 Å². The van der Waals surface area contributed by atoms with Crippen LogP contribution in [0.15, 0.2) is 40.5 Å². The van der Waals surface area contributed by atoms with Gasteiger partial charge in [0.05, 0.1) is 29.7 Å². The van der Waals surface area contributed by atoms with Crippen LogP contribution in [0.5, 0.6) is 0 Å². The number of esters is 1. The minimum Gasteiger partial charge on any atom is -0.466 e. The van der Waals surface area contributed by atoms with Gasteiger partial charge in [0, 0.05) is 0 Å². The molecule has 2 aliphatic rings. The van der Waals surface area contributed by atoms with Gasteiger partial charge in [-0.3, -0.25) is 9.69 Å². The summed E-state index contributed by atoms with van der Waals surface area (Å²) < 4.78 is 4.96. The number of hydrogen-bond acceptors (Lipinski definition) is 5. The third kappa shape index (κ3) is 2.65. The molecule has 3 rings (SSSR count). The highest BCUT2D eigenvalue weighted by Crippen LogP contribution is 2.43. The van der Waals surface area contributed by atoms with Crippen molar-refractivity contribution < 1.29 is 14.3 Å². The number of amides is 1. The molecule has 126 valence electrons. The summed E-state index contributed by atoms with van der Waals surface area (Å²) in [5.41, 5.74) is 3.13. The molecule has 2 heterocycles. The summed E-state index contributed by atoms with van der Waals surface area (Å²) in [6.45, 7) is 5.74. The lowest BCUT2D eigenvalue weighted by Gasteiger charge is -2.32. The molecule has 2 unspecified atom stereocenters. The van der Waals surface area contributed by atoms with Gasteiger partial charge in [0.2, 0.25) is 5.91 Å². The number of nitrogens with zero attached hydrogens (tertiary/aromatic N) is 2. The number of amidine groups is 1. The van der Waals surface area contributed by atoms with Crippen LogP contribution in [0.2, 0.25) is 0 Å². The first-order chi connectivity index (χ1) is 11.5. The average molecular weight is 344 g/mol. The maximum absolute atomic E-state index is 12.7. The minimum atomic E-state index is -0.485. The molecular formula is C18H20N2O3S. The van der Waals surface area contributed by atoms with Crippen molar-refractivity contribution in [2.45, 2.75) is 38.5 Å². The number of fused-ring (bicyclic) bond motifs is 1. The smallest absolute Gasteiger partial charge is 0.338 e. The lowest BCUT2D eigenvalue weighted by atomic mass is 9.93. The summed E-state index contributed by atoms with van der Waals surface area (Å²) in [4.78, 5) is 31.1. The summed E-state index contributed by atoms with van der Waals surface area (Å²) in [7, 11) is 1.35. The first-order valence-electron chi connectivity index (χ1n) is 7.94. The van der Waals surface area contributed by atoms with Crippen LogP contribution in [0.3, 0.4) is 0 Å². The lowest BCUT2D eigenvalue weighted by molar-refractivity contribution is -0.137. The second kappa shape index (κ2) is 6.43. The second-order valence-electron chi connectivity index (χ2n) is 5.85. The predicted octanol–water partition coefficient (Wildman–Crippen LogP) is 3.07. The quantitative estimate of drug-likeness (QED) is 0.791. The molecule has 1 amide bonds. The highest BCUT2D eigenvalue weighted by Gasteiger charge is 2.46. The normalized spacial score (nSPS) is 23.2. The zero-order valence-electron chi connectivity index (χ0n) is 14.2. The van der Waals surface area contributed by atoms with Gasteiger partial charge in [0.25, 0.3) is 0 Å². The number of carbonyl (C=O) groups excluding carboxylic acids is 2. The van der Waals surface area contributed by atoms with Gasteiger partial charge in [-0.05, 0) is 31.4 Å². The van der Waals surface area contributed by atoms with Gasteiger partial charge in [0.1, 0.15) is 0 Å². The molecule has 5 nitrogen and oxygen atoms in total. The van der Waals surface area contributed by atoms with E-state index < -0.39 is 12.0 Å². The van der Waals surface area contributed by atoms with Crippen LogP contribution in [0.4, 0.5) is 0 Å². The van der Waals surface area contributed by atoms with E-state index in [1.165, 1.54) is 24.4 Å². The Morgan fingerprint density at radius 1 is 1.33 bits per heavy atom. The van der Waals surface area contributed by atoms with Gasteiger partial charge in [-0.15, -0.1) is 0 Å². The topological polar surface area (TPSA) is 59.0 Å². The van der Waals surface area contributed by atoms with Gasteiger partial charge in [-0.2, -0.15) is 0 Å². The Balaban J connectivity index is 2.14. The number of ether oxygens (including phenoxy) is 1. The maximum Gasteiger partial charge on any atom is 0.338 e. The fourth-order valence-corrected chi connectivity index (χ4v) is 4.05. The highest BCUT2D eigenvalue weighted by atomic mass is 32.2. The van der Waals surface area contributed by atoms with Crippen LogP contribution in [0.1, 0.15) is 37.9 Å². The average Bonchev–Trinajstić information content (AvgIpc) is 2.87. The minimum absolute atomic E-state index is 0.0304. The van der Waals surface area contributed by atoms with Crippen molar-refractivity contribution in [2.75, 3.05) is 7.11 Å². The number of carbonyl (C=O) groups is 2. The molecule has 1 fully saturated rings. The number of methoxy groups -OCH3 is 1. The van der Waals surface area contributed by atoms with Gasteiger partial charge < -0.3 is 4.74 Å². The molecule has 24 heavy (non-hydrogen) atoms. The molecule has 2 aliphatic heterocycles. The van der Waals surface area contributed by atoms with Gasteiger partial charge in [0.15, 0.2) is 5.17 Å². The van der Waals surface area contributed by atoms with Gasteiger partial charge >= 0.3 is 5.97 Å². The van der Waals surface area contributed by atoms with E-state index in [0.29, 0.717) is 16.4 Å². The van der Waals surface area contributed by atoms with E-state index in [2.05, 4.69) is 11.9 Å². The van der Waals surface area contributed by atoms with Gasteiger partial charge in [-0.1, -0.05) is 43.0 Å². The molecule has 0 spiro atoms. The van der Waals surface area contributed by atoms with Crippen LogP contribution < -0.4 is 0 Å². The molecule has 0 radical (unpaired) electrons. The Kier molecular flexibility index (Phi) is 4.49. The molecule has 2 atom stereocenters. The van der Waals surface area contributed by atoms with E-state index in [4.69, 9.17) is 4.74 Å². The summed E-state index contributed by atoms with van der Waals surface area (Å²) in [6, 6.07) is 7.53. The summed E-state index contributed by atoms with van der Waals surface area (Å²) in [5, 5.41) is 0.452.